The second-order valence-corrected chi connectivity index (χ2v) is 5.39. The van der Waals surface area contributed by atoms with Gasteiger partial charge in [-0.25, -0.2) is 9.97 Å². The summed E-state index contributed by atoms with van der Waals surface area (Å²) in [6, 6.07) is 1.38. The fraction of sp³-hybridized carbons (Fsp3) is 0.692. The molecule has 1 aliphatic heterocycles. The normalized spacial score (nSPS) is 20.6. The Morgan fingerprint density at radius 2 is 2.20 bits per heavy atom. The van der Waals surface area contributed by atoms with Crippen LogP contribution in [-0.4, -0.2) is 40.5 Å². The molecule has 0 saturated carbocycles. The molecule has 0 spiro atoms. The topological polar surface area (TPSA) is 41.0 Å². The van der Waals surface area contributed by atoms with Crippen LogP contribution in [0, 0.1) is 5.92 Å². The average molecular weight is 288 g/mol. The molecule has 112 valence electrons. The minimum Gasteiger partial charge on any atom is -0.354 e. The first kappa shape index (κ1) is 15.0. The summed E-state index contributed by atoms with van der Waals surface area (Å²) >= 11 is 0. The van der Waals surface area contributed by atoms with E-state index in [2.05, 4.69) is 34.0 Å². The highest BCUT2D eigenvalue weighted by Gasteiger charge is 2.33. The summed E-state index contributed by atoms with van der Waals surface area (Å²) in [6.07, 6.45) is -2.25. The molecule has 1 saturated heterocycles. The minimum absolute atomic E-state index is 0.0443. The van der Waals surface area contributed by atoms with E-state index in [1.807, 2.05) is 0 Å². The Hall–Kier alpha value is -1.37. The van der Waals surface area contributed by atoms with Gasteiger partial charge in [0.15, 0.2) is 0 Å². The monoisotopic (exact) mass is 288 g/mol. The zero-order valence-corrected chi connectivity index (χ0v) is 11.6. The van der Waals surface area contributed by atoms with Gasteiger partial charge in [0.1, 0.15) is 5.69 Å². The van der Waals surface area contributed by atoms with Crippen LogP contribution in [0.2, 0.25) is 0 Å². The third-order valence-corrected chi connectivity index (χ3v) is 3.54. The molecule has 2 heterocycles. The van der Waals surface area contributed by atoms with Gasteiger partial charge in [0.25, 0.3) is 0 Å². The third-order valence-electron chi connectivity index (χ3n) is 3.54. The van der Waals surface area contributed by atoms with E-state index in [4.69, 9.17) is 0 Å². The Labute approximate surface area is 116 Å². The van der Waals surface area contributed by atoms with Gasteiger partial charge in [-0.2, -0.15) is 13.2 Å². The van der Waals surface area contributed by atoms with E-state index < -0.39 is 11.9 Å². The van der Waals surface area contributed by atoms with Crippen LogP contribution in [0.3, 0.4) is 0 Å². The lowest BCUT2D eigenvalue weighted by Gasteiger charge is -2.20. The van der Waals surface area contributed by atoms with Gasteiger partial charge in [0, 0.05) is 25.3 Å². The molecule has 7 heteroatoms. The number of aromatic nitrogens is 2. The lowest BCUT2D eigenvalue weighted by atomic mass is 10.1. The van der Waals surface area contributed by atoms with Crippen molar-refractivity contribution in [1.29, 1.82) is 0 Å². The molecule has 0 aliphatic carbocycles. The smallest absolute Gasteiger partial charge is 0.354 e. The van der Waals surface area contributed by atoms with Gasteiger partial charge in [0.05, 0.1) is 0 Å². The molecule has 0 aromatic carbocycles. The van der Waals surface area contributed by atoms with Crippen molar-refractivity contribution < 1.29 is 13.2 Å². The van der Waals surface area contributed by atoms with E-state index >= 15 is 0 Å². The number of nitrogens with one attached hydrogen (secondary N) is 1. The van der Waals surface area contributed by atoms with Crippen LogP contribution in [0.15, 0.2) is 12.3 Å². The van der Waals surface area contributed by atoms with Crippen LogP contribution in [0.1, 0.15) is 26.0 Å². The lowest BCUT2D eigenvalue weighted by Crippen LogP contribution is -2.29. The highest BCUT2D eigenvalue weighted by Crippen LogP contribution is 2.27. The van der Waals surface area contributed by atoms with Crippen molar-refractivity contribution in [1.82, 2.24) is 14.9 Å². The van der Waals surface area contributed by atoms with Crippen molar-refractivity contribution in [3.8, 4) is 0 Å². The van der Waals surface area contributed by atoms with Crippen LogP contribution in [0.5, 0.6) is 0 Å². The average Bonchev–Trinajstić information content (AvgIpc) is 2.85. The fourth-order valence-electron chi connectivity index (χ4n) is 2.34. The summed E-state index contributed by atoms with van der Waals surface area (Å²) in [5, 5.41) is 2.91. The lowest BCUT2D eigenvalue weighted by molar-refractivity contribution is -0.141. The number of likely N-dealkylation sites (tertiary alicyclic amines) is 1. The Kier molecular flexibility index (Phi) is 4.47. The Morgan fingerprint density at radius 1 is 1.45 bits per heavy atom. The minimum atomic E-state index is -4.43. The second-order valence-electron chi connectivity index (χ2n) is 5.39. The summed E-state index contributed by atoms with van der Waals surface area (Å²) in [7, 11) is 0. The standard InChI is InChI=1S/C13H19F3N4/c1-9(2)20-6-4-10(8-20)7-18-12-17-5-3-11(19-12)13(14,15)16/h3,5,9-10H,4,6-8H2,1-2H3,(H,17,18,19). The highest BCUT2D eigenvalue weighted by atomic mass is 19.4. The SMILES string of the molecule is CC(C)N1CCC(CNc2nccc(C(F)(F)F)n2)C1. The van der Waals surface area contributed by atoms with Crippen molar-refractivity contribution in [3.05, 3.63) is 18.0 Å². The van der Waals surface area contributed by atoms with Crippen molar-refractivity contribution >= 4 is 5.95 Å². The Balaban J connectivity index is 1.89. The van der Waals surface area contributed by atoms with Gasteiger partial charge in [-0.15, -0.1) is 0 Å². The van der Waals surface area contributed by atoms with Gasteiger partial charge in [-0.05, 0) is 38.8 Å². The fourth-order valence-corrected chi connectivity index (χ4v) is 2.34. The van der Waals surface area contributed by atoms with E-state index in [0.717, 1.165) is 31.8 Å². The molecule has 0 amide bonds. The van der Waals surface area contributed by atoms with Gasteiger partial charge >= 0.3 is 6.18 Å². The molecule has 1 unspecified atom stereocenters. The predicted octanol–water partition coefficient (Wildman–Crippen LogP) is 2.64. The molecule has 0 radical (unpaired) electrons. The first-order chi connectivity index (χ1) is 9.36. The van der Waals surface area contributed by atoms with Crippen LogP contribution >= 0.6 is 0 Å². The number of rotatable bonds is 4. The molecular weight excluding hydrogens is 269 g/mol. The van der Waals surface area contributed by atoms with Gasteiger partial charge in [0.2, 0.25) is 5.95 Å². The van der Waals surface area contributed by atoms with Crippen LogP contribution in [-0.2, 0) is 6.18 Å². The Morgan fingerprint density at radius 3 is 2.80 bits per heavy atom. The van der Waals surface area contributed by atoms with Gasteiger partial charge < -0.3 is 10.2 Å². The van der Waals surface area contributed by atoms with Crippen molar-refractivity contribution in [2.45, 2.75) is 32.5 Å². The first-order valence-corrected chi connectivity index (χ1v) is 6.74. The molecular formula is C13H19F3N4. The maximum absolute atomic E-state index is 12.5. The van der Waals surface area contributed by atoms with Crippen LogP contribution in [0.4, 0.5) is 19.1 Å². The van der Waals surface area contributed by atoms with Crippen molar-refractivity contribution in [3.63, 3.8) is 0 Å². The molecule has 1 atom stereocenters. The van der Waals surface area contributed by atoms with E-state index in [9.17, 15) is 13.2 Å². The molecule has 2 rings (SSSR count). The van der Waals surface area contributed by atoms with E-state index in [1.165, 1.54) is 0 Å². The molecule has 1 aromatic heterocycles. The number of alkyl halides is 3. The van der Waals surface area contributed by atoms with Crippen LogP contribution < -0.4 is 5.32 Å². The maximum Gasteiger partial charge on any atom is 0.433 e. The molecule has 0 bridgehead atoms. The second kappa shape index (κ2) is 5.95. The summed E-state index contributed by atoms with van der Waals surface area (Å²) < 4.78 is 37.6. The van der Waals surface area contributed by atoms with Crippen molar-refractivity contribution in [2.75, 3.05) is 25.0 Å². The number of halogens is 3. The first-order valence-electron chi connectivity index (χ1n) is 6.74. The van der Waals surface area contributed by atoms with Gasteiger partial charge in [-0.3, -0.25) is 0 Å². The predicted molar refractivity (Wildman–Crippen MR) is 70.3 cm³/mol. The number of hydrogen-bond acceptors (Lipinski definition) is 4. The van der Waals surface area contributed by atoms with Crippen LogP contribution in [0.25, 0.3) is 0 Å². The molecule has 20 heavy (non-hydrogen) atoms. The summed E-state index contributed by atoms with van der Waals surface area (Å²) in [5.41, 5.74) is -0.912. The molecule has 4 nitrogen and oxygen atoms in total. The summed E-state index contributed by atoms with van der Waals surface area (Å²) in [4.78, 5) is 9.69. The number of nitrogens with zero attached hydrogens (tertiary/aromatic N) is 3. The summed E-state index contributed by atoms with van der Waals surface area (Å²) in [6.45, 7) is 6.89. The quantitative estimate of drug-likeness (QED) is 0.924. The van der Waals surface area contributed by atoms with E-state index in [-0.39, 0.29) is 5.95 Å². The van der Waals surface area contributed by atoms with E-state index in [0.29, 0.717) is 18.5 Å². The summed E-state index contributed by atoms with van der Waals surface area (Å²) in [5.74, 6) is 0.471. The molecule has 1 fully saturated rings. The molecule has 1 N–H and O–H groups in total. The van der Waals surface area contributed by atoms with E-state index in [1.54, 1.807) is 0 Å². The Bertz CT molecular complexity index is 447. The molecule has 1 aliphatic rings. The third kappa shape index (κ3) is 3.82. The number of hydrogen-bond donors (Lipinski definition) is 1. The highest BCUT2D eigenvalue weighted by molar-refractivity contribution is 5.26. The van der Waals surface area contributed by atoms with Gasteiger partial charge in [-0.1, -0.05) is 0 Å². The van der Waals surface area contributed by atoms with Crippen molar-refractivity contribution in [2.24, 2.45) is 5.92 Å². The molecule has 1 aromatic rings. The maximum atomic E-state index is 12.5. The largest absolute Gasteiger partial charge is 0.433 e. The zero-order valence-electron chi connectivity index (χ0n) is 11.6. The zero-order chi connectivity index (χ0) is 14.8. The number of anilines is 1.